The zero-order chi connectivity index (χ0) is 15.6. The largest absolute Gasteiger partial charge is 0.342 e. The molecule has 1 saturated heterocycles. The summed E-state index contributed by atoms with van der Waals surface area (Å²) in [5.41, 5.74) is 1.12. The van der Waals surface area contributed by atoms with Crippen molar-refractivity contribution in [2.45, 2.75) is 44.4 Å². The summed E-state index contributed by atoms with van der Waals surface area (Å²) < 4.78 is 5.39. The van der Waals surface area contributed by atoms with Crippen LogP contribution in [0.5, 0.6) is 0 Å². The van der Waals surface area contributed by atoms with Gasteiger partial charge in [-0.1, -0.05) is 5.16 Å². The molecule has 2 fully saturated rings. The minimum Gasteiger partial charge on any atom is -0.342 e. The lowest BCUT2D eigenvalue weighted by Gasteiger charge is -2.32. The SMILES string of the molecule is O=C(Cc1ccsc1)N1CCC[C@@H](Cc2nc(C3CC3)no2)C1. The van der Waals surface area contributed by atoms with Gasteiger partial charge in [0.15, 0.2) is 5.82 Å². The smallest absolute Gasteiger partial charge is 0.227 e. The van der Waals surface area contributed by atoms with Crippen LogP contribution in [0.4, 0.5) is 0 Å². The number of amides is 1. The van der Waals surface area contributed by atoms with Crippen LogP contribution < -0.4 is 0 Å². The summed E-state index contributed by atoms with van der Waals surface area (Å²) >= 11 is 1.64. The number of rotatable bonds is 5. The van der Waals surface area contributed by atoms with Gasteiger partial charge in [-0.2, -0.15) is 16.3 Å². The molecule has 122 valence electrons. The van der Waals surface area contributed by atoms with Crippen LogP contribution in [0.1, 0.15) is 48.9 Å². The average Bonchev–Trinajstić information content (AvgIpc) is 3.09. The number of carbonyl (C=O) groups excluding carboxylic acids is 1. The van der Waals surface area contributed by atoms with E-state index in [1.807, 2.05) is 16.3 Å². The molecule has 0 radical (unpaired) electrons. The number of aromatic nitrogens is 2. The van der Waals surface area contributed by atoms with E-state index in [1.54, 1.807) is 11.3 Å². The highest BCUT2D eigenvalue weighted by atomic mass is 32.1. The van der Waals surface area contributed by atoms with Crippen LogP contribution >= 0.6 is 11.3 Å². The summed E-state index contributed by atoms with van der Waals surface area (Å²) in [6.45, 7) is 1.68. The van der Waals surface area contributed by atoms with Gasteiger partial charge in [-0.3, -0.25) is 4.79 Å². The maximum atomic E-state index is 12.4. The Morgan fingerprint density at radius 3 is 3.09 bits per heavy atom. The van der Waals surface area contributed by atoms with Crippen molar-refractivity contribution < 1.29 is 9.32 Å². The van der Waals surface area contributed by atoms with Gasteiger partial charge in [0.25, 0.3) is 0 Å². The predicted octanol–water partition coefficient (Wildman–Crippen LogP) is 3.03. The van der Waals surface area contributed by atoms with Gasteiger partial charge in [-0.05, 0) is 54.0 Å². The van der Waals surface area contributed by atoms with E-state index in [0.717, 1.165) is 49.6 Å². The molecule has 23 heavy (non-hydrogen) atoms. The van der Waals surface area contributed by atoms with E-state index in [2.05, 4.69) is 15.5 Å². The molecule has 3 heterocycles. The van der Waals surface area contributed by atoms with Gasteiger partial charge >= 0.3 is 0 Å². The Bertz CT molecular complexity index is 663. The Morgan fingerprint density at radius 2 is 2.30 bits per heavy atom. The number of piperidine rings is 1. The summed E-state index contributed by atoms with van der Waals surface area (Å²) in [4.78, 5) is 19.0. The third kappa shape index (κ3) is 3.63. The molecule has 0 unspecified atom stereocenters. The Morgan fingerprint density at radius 1 is 1.39 bits per heavy atom. The highest BCUT2D eigenvalue weighted by molar-refractivity contribution is 7.07. The zero-order valence-corrected chi connectivity index (χ0v) is 13.9. The predicted molar refractivity (Wildman–Crippen MR) is 87.3 cm³/mol. The number of nitrogens with zero attached hydrogens (tertiary/aromatic N) is 3. The lowest BCUT2D eigenvalue weighted by atomic mass is 9.94. The molecule has 4 rings (SSSR count). The summed E-state index contributed by atoms with van der Waals surface area (Å²) in [7, 11) is 0. The molecule has 0 spiro atoms. The van der Waals surface area contributed by atoms with Crippen LogP contribution in [0, 0.1) is 5.92 Å². The normalized spacial score (nSPS) is 21.6. The molecule has 1 aliphatic heterocycles. The molecule has 0 aromatic carbocycles. The Balaban J connectivity index is 1.33. The Labute approximate surface area is 139 Å². The Kier molecular flexibility index (Phi) is 4.16. The average molecular weight is 331 g/mol. The Hall–Kier alpha value is -1.69. The van der Waals surface area contributed by atoms with E-state index in [9.17, 15) is 4.79 Å². The van der Waals surface area contributed by atoms with Crippen molar-refractivity contribution in [3.05, 3.63) is 34.1 Å². The molecule has 2 aliphatic rings. The van der Waals surface area contributed by atoms with Crippen LogP contribution in [-0.4, -0.2) is 34.0 Å². The monoisotopic (exact) mass is 331 g/mol. The van der Waals surface area contributed by atoms with E-state index in [-0.39, 0.29) is 5.91 Å². The van der Waals surface area contributed by atoms with Crippen molar-refractivity contribution in [1.29, 1.82) is 0 Å². The van der Waals surface area contributed by atoms with Crippen LogP contribution in [0.2, 0.25) is 0 Å². The third-order valence-electron chi connectivity index (χ3n) is 4.70. The van der Waals surface area contributed by atoms with E-state index < -0.39 is 0 Å². The second kappa shape index (κ2) is 6.43. The second-order valence-corrected chi connectivity index (χ2v) is 7.46. The van der Waals surface area contributed by atoms with Gasteiger partial charge in [-0.15, -0.1) is 0 Å². The molecule has 0 bridgehead atoms. The van der Waals surface area contributed by atoms with E-state index in [4.69, 9.17) is 4.52 Å². The van der Waals surface area contributed by atoms with Crippen molar-refractivity contribution in [1.82, 2.24) is 15.0 Å². The van der Waals surface area contributed by atoms with Crippen LogP contribution in [0.25, 0.3) is 0 Å². The second-order valence-electron chi connectivity index (χ2n) is 6.68. The zero-order valence-electron chi connectivity index (χ0n) is 13.1. The maximum absolute atomic E-state index is 12.4. The molecule has 5 nitrogen and oxygen atoms in total. The first-order valence-corrected chi connectivity index (χ1v) is 9.33. The number of thiophene rings is 1. The van der Waals surface area contributed by atoms with Crippen molar-refractivity contribution in [3.8, 4) is 0 Å². The minimum atomic E-state index is 0.234. The first-order chi connectivity index (χ1) is 11.3. The number of carbonyl (C=O) groups is 1. The molecular formula is C17H21N3O2S. The number of likely N-dealkylation sites (tertiary alicyclic amines) is 1. The van der Waals surface area contributed by atoms with Crippen molar-refractivity contribution >= 4 is 17.2 Å². The lowest BCUT2D eigenvalue weighted by Crippen LogP contribution is -2.41. The number of hydrogen-bond donors (Lipinski definition) is 0. The molecule has 2 aromatic heterocycles. The van der Waals surface area contributed by atoms with E-state index in [0.29, 0.717) is 18.3 Å². The van der Waals surface area contributed by atoms with Gasteiger partial charge in [-0.25, -0.2) is 0 Å². The molecule has 2 aromatic rings. The molecular weight excluding hydrogens is 310 g/mol. The molecule has 1 saturated carbocycles. The fraction of sp³-hybridized carbons (Fsp3) is 0.588. The van der Waals surface area contributed by atoms with Gasteiger partial charge in [0, 0.05) is 25.4 Å². The van der Waals surface area contributed by atoms with Crippen LogP contribution in [0.15, 0.2) is 21.3 Å². The first kappa shape index (κ1) is 14.9. The third-order valence-corrected chi connectivity index (χ3v) is 5.43. The van der Waals surface area contributed by atoms with Gasteiger partial charge in [0.2, 0.25) is 11.8 Å². The molecule has 0 N–H and O–H groups in total. The van der Waals surface area contributed by atoms with Crippen molar-refractivity contribution in [2.75, 3.05) is 13.1 Å². The van der Waals surface area contributed by atoms with E-state index in [1.165, 1.54) is 12.8 Å². The fourth-order valence-electron chi connectivity index (χ4n) is 3.24. The molecule has 1 atom stereocenters. The highest BCUT2D eigenvalue weighted by Gasteiger charge is 2.30. The van der Waals surface area contributed by atoms with Crippen LogP contribution in [0.3, 0.4) is 0 Å². The topological polar surface area (TPSA) is 59.2 Å². The maximum Gasteiger partial charge on any atom is 0.227 e. The quantitative estimate of drug-likeness (QED) is 0.845. The van der Waals surface area contributed by atoms with Crippen LogP contribution in [-0.2, 0) is 17.6 Å². The van der Waals surface area contributed by atoms with Gasteiger partial charge in [0.1, 0.15) is 0 Å². The summed E-state index contributed by atoms with van der Waals surface area (Å²) in [5.74, 6) is 2.81. The minimum absolute atomic E-state index is 0.234. The fourth-order valence-corrected chi connectivity index (χ4v) is 3.91. The van der Waals surface area contributed by atoms with E-state index >= 15 is 0 Å². The first-order valence-electron chi connectivity index (χ1n) is 8.39. The molecule has 1 aliphatic carbocycles. The molecule has 6 heteroatoms. The van der Waals surface area contributed by atoms with Crippen molar-refractivity contribution in [3.63, 3.8) is 0 Å². The summed E-state index contributed by atoms with van der Waals surface area (Å²) in [5, 5.41) is 8.16. The standard InChI is InChI=1S/C17H21N3O2S/c21-16(9-13-5-7-23-11-13)20-6-1-2-12(10-20)8-15-18-17(19-22-15)14-3-4-14/h5,7,11-12,14H,1-4,6,8-10H2/t12-/m0/s1. The van der Waals surface area contributed by atoms with Gasteiger partial charge < -0.3 is 9.42 Å². The van der Waals surface area contributed by atoms with Crippen molar-refractivity contribution in [2.24, 2.45) is 5.92 Å². The number of hydrogen-bond acceptors (Lipinski definition) is 5. The van der Waals surface area contributed by atoms with Gasteiger partial charge in [0.05, 0.1) is 6.42 Å². The highest BCUT2D eigenvalue weighted by Crippen LogP contribution is 2.38. The summed E-state index contributed by atoms with van der Waals surface area (Å²) in [6, 6.07) is 2.03. The molecule has 1 amide bonds. The summed E-state index contributed by atoms with van der Waals surface area (Å²) in [6.07, 6.45) is 5.87. The lowest BCUT2D eigenvalue weighted by molar-refractivity contribution is -0.132.